The van der Waals surface area contributed by atoms with Gasteiger partial charge in [-0.05, 0) is 37.4 Å². The van der Waals surface area contributed by atoms with Gasteiger partial charge in [0, 0.05) is 0 Å². The Morgan fingerprint density at radius 2 is 2.15 bits per heavy atom. The Morgan fingerprint density at radius 1 is 1.35 bits per heavy atom. The van der Waals surface area contributed by atoms with Gasteiger partial charge in [-0.15, -0.1) is 23.7 Å². The Labute approximate surface area is 128 Å². The second-order valence-corrected chi connectivity index (χ2v) is 6.04. The van der Waals surface area contributed by atoms with E-state index in [2.05, 4.69) is 21.7 Å². The Bertz CT molecular complexity index is 550. The van der Waals surface area contributed by atoms with Crippen LogP contribution in [0.1, 0.15) is 17.8 Å². The number of rotatable bonds is 6. The van der Waals surface area contributed by atoms with Crippen molar-refractivity contribution in [3.63, 3.8) is 0 Å². The molecular weight excluding hydrogens is 294 g/mol. The molecule has 0 bridgehead atoms. The van der Waals surface area contributed by atoms with E-state index >= 15 is 0 Å². The fourth-order valence-electron chi connectivity index (χ4n) is 1.94. The molecule has 1 aliphatic rings. The Balaban J connectivity index is 0.00000147. The van der Waals surface area contributed by atoms with Gasteiger partial charge >= 0.3 is 0 Å². The van der Waals surface area contributed by atoms with Crippen LogP contribution in [-0.4, -0.2) is 24.0 Å². The smallest absolute Gasteiger partial charge is 0.234 e. The number of hydrogen-bond donors (Lipinski definition) is 2. The van der Waals surface area contributed by atoms with Gasteiger partial charge in [-0.2, -0.15) is 0 Å². The summed E-state index contributed by atoms with van der Waals surface area (Å²) in [7, 11) is 0. The first kappa shape index (κ1) is 15.2. The summed E-state index contributed by atoms with van der Waals surface area (Å²) in [5, 5.41) is 7.04. The predicted molar refractivity (Wildman–Crippen MR) is 84.3 cm³/mol. The normalized spacial score (nSPS) is 14.0. The number of thiazole rings is 1. The molecule has 6 heteroatoms. The number of amides is 1. The molecule has 1 heterocycles. The lowest BCUT2D eigenvalue weighted by atomic mass is 10.3. The SMILES string of the molecule is Cl.O=C(CNCC1CC1)NCc1nc2ccccc2s1. The molecule has 0 atom stereocenters. The number of carbonyl (C=O) groups excluding carboxylic acids is 1. The molecule has 1 aromatic heterocycles. The van der Waals surface area contributed by atoms with E-state index in [0.717, 1.165) is 23.0 Å². The van der Waals surface area contributed by atoms with E-state index in [9.17, 15) is 4.79 Å². The van der Waals surface area contributed by atoms with Crippen LogP contribution in [0.25, 0.3) is 10.2 Å². The predicted octanol–water partition coefficient (Wildman–Crippen LogP) is 2.33. The van der Waals surface area contributed by atoms with Crippen LogP contribution in [0.3, 0.4) is 0 Å². The molecule has 1 fully saturated rings. The summed E-state index contributed by atoms with van der Waals surface area (Å²) in [4.78, 5) is 16.1. The third kappa shape index (κ3) is 4.16. The lowest BCUT2D eigenvalue weighted by molar-refractivity contribution is -0.120. The molecule has 20 heavy (non-hydrogen) atoms. The summed E-state index contributed by atoms with van der Waals surface area (Å²) >= 11 is 1.63. The number of nitrogens with one attached hydrogen (secondary N) is 2. The zero-order chi connectivity index (χ0) is 13.1. The number of aromatic nitrogens is 1. The quantitative estimate of drug-likeness (QED) is 0.861. The van der Waals surface area contributed by atoms with E-state index in [1.165, 1.54) is 17.5 Å². The van der Waals surface area contributed by atoms with Crippen molar-refractivity contribution >= 4 is 39.9 Å². The molecule has 0 spiro atoms. The fraction of sp³-hybridized carbons (Fsp3) is 0.429. The number of benzene rings is 1. The third-order valence-corrected chi connectivity index (χ3v) is 4.23. The number of halogens is 1. The first-order chi connectivity index (χ1) is 9.31. The molecule has 2 N–H and O–H groups in total. The average molecular weight is 312 g/mol. The summed E-state index contributed by atoms with van der Waals surface area (Å²) in [6.07, 6.45) is 2.61. The topological polar surface area (TPSA) is 54.0 Å². The molecule has 1 amide bonds. The minimum Gasteiger partial charge on any atom is -0.348 e. The number of nitrogens with zero attached hydrogens (tertiary/aromatic N) is 1. The minimum atomic E-state index is 0. The van der Waals surface area contributed by atoms with Gasteiger partial charge in [0.25, 0.3) is 0 Å². The van der Waals surface area contributed by atoms with Crippen molar-refractivity contribution < 1.29 is 4.79 Å². The van der Waals surface area contributed by atoms with Crippen LogP contribution >= 0.6 is 23.7 Å². The molecular formula is C14H18ClN3OS. The van der Waals surface area contributed by atoms with Gasteiger partial charge in [0.05, 0.1) is 23.3 Å². The van der Waals surface area contributed by atoms with E-state index in [1.807, 2.05) is 18.2 Å². The van der Waals surface area contributed by atoms with E-state index in [0.29, 0.717) is 13.1 Å². The maximum absolute atomic E-state index is 11.6. The van der Waals surface area contributed by atoms with Gasteiger partial charge in [-0.1, -0.05) is 12.1 Å². The van der Waals surface area contributed by atoms with Crippen molar-refractivity contribution in [2.75, 3.05) is 13.1 Å². The van der Waals surface area contributed by atoms with Crippen LogP contribution in [0.5, 0.6) is 0 Å². The summed E-state index contributed by atoms with van der Waals surface area (Å²) in [5.41, 5.74) is 1.00. The van der Waals surface area contributed by atoms with Gasteiger partial charge in [0.2, 0.25) is 5.91 Å². The van der Waals surface area contributed by atoms with Gasteiger partial charge in [-0.3, -0.25) is 4.79 Å². The van der Waals surface area contributed by atoms with Crippen LogP contribution in [-0.2, 0) is 11.3 Å². The van der Waals surface area contributed by atoms with E-state index in [4.69, 9.17) is 0 Å². The maximum atomic E-state index is 11.6. The van der Waals surface area contributed by atoms with Gasteiger partial charge in [0.1, 0.15) is 5.01 Å². The van der Waals surface area contributed by atoms with Crippen molar-refractivity contribution in [3.05, 3.63) is 29.3 Å². The minimum absolute atomic E-state index is 0. The molecule has 0 unspecified atom stereocenters. The van der Waals surface area contributed by atoms with E-state index < -0.39 is 0 Å². The first-order valence-corrected chi connectivity index (χ1v) is 7.45. The zero-order valence-corrected chi connectivity index (χ0v) is 12.7. The van der Waals surface area contributed by atoms with Crippen molar-refractivity contribution in [1.29, 1.82) is 0 Å². The monoisotopic (exact) mass is 311 g/mol. The first-order valence-electron chi connectivity index (χ1n) is 6.63. The summed E-state index contributed by atoms with van der Waals surface area (Å²) < 4.78 is 1.17. The lowest BCUT2D eigenvalue weighted by Gasteiger charge is -2.04. The van der Waals surface area contributed by atoms with Crippen molar-refractivity contribution in [3.8, 4) is 0 Å². The number of carbonyl (C=O) groups is 1. The lowest BCUT2D eigenvalue weighted by Crippen LogP contribution is -2.34. The van der Waals surface area contributed by atoms with Crippen LogP contribution in [0.15, 0.2) is 24.3 Å². The van der Waals surface area contributed by atoms with Crippen LogP contribution in [0, 0.1) is 5.92 Å². The zero-order valence-electron chi connectivity index (χ0n) is 11.1. The molecule has 3 rings (SSSR count). The molecule has 1 aliphatic carbocycles. The summed E-state index contributed by atoms with van der Waals surface area (Å²) in [5.74, 6) is 0.844. The summed E-state index contributed by atoms with van der Waals surface area (Å²) in [6, 6.07) is 8.03. The highest BCUT2D eigenvalue weighted by Gasteiger charge is 2.20. The second kappa shape index (κ2) is 7.02. The van der Waals surface area contributed by atoms with Crippen LogP contribution in [0.4, 0.5) is 0 Å². The maximum Gasteiger partial charge on any atom is 0.234 e. The molecule has 108 valence electrons. The standard InChI is InChI=1S/C14H17N3OS.ClH/c18-13(8-15-7-10-5-6-10)16-9-14-17-11-3-1-2-4-12(11)19-14;/h1-4,10,15H,5-9H2,(H,16,18);1H. The molecule has 0 saturated heterocycles. The molecule has 0 radical (unpaired) electrons. The second-order valence-electron chi connectivity index (χ2n) is 4.93. The van der Waals surface area contributed by atoms with Crippen molar-refractivity contribution in [2.45, 2.75) is 19.4 Å². The highest BCUT2D eigenvalue weighted by molar-refractivity contribution is 7.18. The summed E-state index contributed by atoms with van der Waals surface area (Å²) in [6.45, 7) is 1.89. The van der Waals surface area contributed by atoms with Gasteiger partial charge in [0.15, 0.2) is 0 Å². The highest BCUT2D eigenvalue weighted by Crippen LogP contribution is 2.27. The number of para-hydroxylation sites is 1. The van der Waals surface area contributed by atoms with Gasteiger partial charge in [-0.25, -0.2) is 4.98 Å². The molecule has 0 aliphatic heterocycles. The third-order valence-electron chi connectivity index (χ3n) is 3.19. The van der Waals surface area contributed by atoms with Gasteiger partial charge < -0.3 is 10.6 Å². The van der Waals surface area contributed by atoms with Crippen LogP contribution in [0.2, 0.25) is 0 Å². The molecule has 1 saturated carbocycles. The average Bonchev–Trinajstić information content (AvgIpc) is 3.14. The van der Waals surface area contributed by atoms with Crippen molar-refractivity contribution in [1.82, 2.24) is 15.6 Å². The number of hydrogen-bond acceptors (Lipinski definition) is 4. The Kier molecular flexibility index (Phi) is 5.34. The fourth-order valence-corrected chi connectivity index (χ4v) is 2.85. The van der Waals surface area contributed by atoms with E-state index in [1.54, 1.807) is 11.3 Å². The van der Waals surface area contributed by atoms with E-state index in [-0.39, 0.29) is 18.3 Å². The molecule has 1 aromatic carbocycles. The number of fused-ring (bicyclic) bond motifs is 1. The largest absolute Gasteiger partial charge is 0.348 e. The Morgan fingerprint density at radius 3 is 2.90 bits per heavy atom. The van der Waals surface area contributed by atoms with Crippen LogP contribution < -0.4 is 10.6 Å². The van der Waals surface area contributed by atoms with Crippen molar-refractivity contribution in [2.24, 2.45) is 5.92 Å². The molecule has 4 nitrogen and oxygen atoms in total. The molecule has 2 aromatic rings. The highest BCUT2D eigenvalue weighted by atomic mass is 35.5. The Hall–Kier alpha value is -1.17.